The molecule has 1 aliphatic carbocycles. The van der Waals surface area contributed by atoms with Gasteiger partial charge in [-0.3, -0.25) is 19.1 Å². The molecule has 2 aliphatic heterocycles. The molecule has 5 aromatic rings. The number of carbonyl (C=O) groups is 2. The van der Waals surface area contributed by atoms with Crippen LogP contribution >= 0.6 is 11.6 Å². The van der Waals surface area contributed by atoms with Crippen LogP contribution in [0.4, 0.5) is 25.0 Å². The quantitative estimate of drug-likeness (QED) is 0.136. The van der Waals surface area contributed by atoms with Gasteiger partial charge in [0.05, 0.1) is 17.1 Å². The molecule has 5 heterocycles. The Bertz CT molecular complexity index is 2320. The molecule has 0 spiro atoms. The minimum Gasteiger partial charge on any atom is -0.457 e. The smallest absolute Gasteiger partial charge is 0.415 e. The van der Waals surface area contributed by atoms with E-state index in [-0.39, 0.29) is 35.9 Å². The van der Waals surface area contributed by atoms with Crippen LogP contribution in [0.2, 0.25) is 0 Å². The predicted octanol–water partition coefficient (Wildman–Crippen LogP) is 6.48. The summed E-state index contributed by atoms with van der Waals surface area (Å²) in [6, 6.07) is 16.6. The maximum atomic E-state index is 16.2. The number of likely N-dealkylation sites (N-methyl/N-ethyl adjacent to an activating group) is 1. The molecule has 13 heteroatoms. The molecule has 1 amide bonds. The summed E-state index contributed by atoms with van der Waals surface area (Å²) in [4.78, 5) is 50.1. The summed E-state index contributed by atoms with van der Waals surface area (Å²) in [6.07, 6.45) is 3.60. The van der Waals surface area contributed by atoms with Crippen molar-refractivity contribution in [1.82, 2.24) is 14.3 Å². The van der Waals surface area contributed by atoms with Gasteiger partial charge >= 0.3 is 12.1 Å². The molecule has 3 aliphatic rings. The second-order valence-electron chi connectivity index (χ2n) is 13.5. The van der Waals surface area contributed by atoms with E-state index in [2.05, 4.69) is 16.8 Å². The highest BCUT2D eigenvalue weighted by atomic mass is 35.5. The molecular formula is C39H34ClF2N5O5. The number of alkyl halides is 1. The Morgan fingerprint density at radius 1 is 1.04 bits per heavy atom. The molecule has 0 N–H and O–H groups in total. The second-order valence-corrected chi connectivity index (χ2v) is 13.7. The number of pyridine rings is 3. The van der Waals surface area contributed by atoms with Gasteiger partial charge < -0.3 is 19.3 Å². The van der Waals surface area contributed by atoms with Crippen LogP contribution in [0.5, 0.6) is 0 Å². The van der Waals surface area contributed by atoms with Gasteiger partial charge in [-0.05, 0) is 48.7 Å². The number of fused-ring (bicyclic) bond motifs is 5. The highest BCUT2D eigenvalue weighted by Gasteiger charge is 2.44. The highest BCUT2D eigenvalue weighted by Crippen LogP contribution is 2.52. The summed E-state index contributed by atoms with van der Waals surface area (Å²) < 4.78 is 43.5. The van der Waals surface area contributed by atoms with Crippen LogP contribution in [0.3, 0.4) is 0 Å². The summed E-state index contributed by atoms with van der Waals surface area (Å²) in [5.41, 5.74) is 4.14. The predicted molar refractivity (Wildman–Crippen MR) is 193 cm³/mol. The van der Waals surface area contributed by atoms with Gasteiger partial charge in [-0.2, -0.15) is 0 Å². The van der Waals surface area contributed by atoms with Crippen molar-refractivity contribution in [3.05, 3.63) is 117 Å². The monoisotopic (exact) mass is 725 g/mol. The van der Waals surface area contributed by atoms with E-state index in [1.54, 1.807) is 24.5 Å². The SMILES string of the molecule is CN1C[C@@H]2CCN(c3c(-c4ccc5ccc(C(=O)OCc6ccccc6)c(=O)n5c4)cnc4c3-c3c(F)c(F)cc(N(C)C(=O)OCCl)c3C4)[C@@H]2C1. The second kappa shape index (κ2) is 13.3. The molecule has 2 saturated heterocycles. The molecule has 0 bridgehead atoms. The minimum atomic E-state index is -1.12. The Labute approximate surface area is 302 Å². The Hall–Kier alpha value is -5.33. The Morgan fingerprint density at radius 3 is 2.62 bits per heavy atom. The van der Waals surface area contributed by atoms with Crippen molar-refractivity contribution in [3.8, 4) is 22.3 Å². The molecule has 10 nitrogen and oxygen atoms in total. The Kier molecular flexibility index (Phi) is 8.67. The van der Waals surface area contributed by atoms with Crippen molar-refractivity contribution >= 4 is 40.6 Å². The number of anilines is 2. The normalized spacial score (nSPS) is 17.6. The lowest BCUT2D eigenvalue weighted by Crippen LogP contribution is -2.35. The van der Waals surface area contributed by atoms with Gasteiger partial charge in [-0.25, -0.2) is 18.4 Å². The zero-order valence-corrected chi connectivity index (χ0v) is 29.2. The lowest BCUT2D eigenvalue weighted by molar-refractivity contribution is 0.0470. The summed E-state index contributed by atoms with van der Waals surface area (Å²) in [5, 5.41) is 0. The van der Waals surface area contributed by atoms with Gasteiger partial charge in [-0.15, -0.1) is 0 Å². The summed E-state index contributed by atoms with van der Waals surface area (Å²) in [7, 11) is 3.49. The number of hydrogen-bond acceptors (Lipinski definition) is 8. The largest absolute Gasteiger partial charge is 0.457 e. The number of carbonyl (C=O) groups excluding carboxylic acids is 2. The van der Waals surface area contributed by atoms with Crippen LogP contribution in [-0.4, -0.2) is 72.2 Å². The number of amides is 1. The van der Waals surface area contributed by atoms with Crippen molar-refractivity contribution in [2.24, 2.45) is 5.92 Å². The molecule has 2 atom stereocenters. The van der Waals surface area contributed by atoms with Crippen molar-refractivity contribution in [2.75, 3.05) is 49.6 Å². The first-order valence-electron chi connectivity index (χ1n) is 17.0. The molecular weight excluding hydrogens is 692 g/mol. The molecule has 3 aromatic heterocycles. The molecule has 8 rings (SSSR count). The van der Waals surface area contributed by atoms with Crippen LogP contribution in [-0.2, 0) is 22.5 Å². The fraction of sp³-hybridized carbons (Fsp3) is 0.282. The molecule has 52 heavy (non-hydrogen) atoms. The lowest BCUT2D eigenvalue weighted by atomic mass is 9.96. The van der Waals surface area contributed by atoms with Crippen molar-refractivity contribution in [2.45, 2.75) is 25.5 Å². The first-order valence-corrected chi connectivity index (χ1v) is 17.5. The number of benzene rings is 2. The third-order valence-corrected chi connectivity index (χ3v) is 10.6. The number of halogens is 3. The average Bonchev–Trinajstić information content (AvgIpc) is 3.84. The van der Waals surface area contributed by atoms with Gasteiger partial charge in [0.1, 0.15) is 12.2 Å². The fourth-order valence-corrected chi connectivity index (χ4v) is 8.10. The van der Waals surface area contributed by atoms with Crippen molar-refractivity contribution in [1.29, 1.82) is 0 Å². The molecule has 0 saturated carbocycles. The van der Waals surface area contributed by atoms with Gasteiger partial charge in [0.15, 0.2) is 17.7 Å². The van der Waals surface area contributed by atoms with Crippen LogP contribution in [0, 0.1) is 17.6 Å². The zero-order chi connectivity index (χ0) is 36.3. The van der Waals surface area contributed by atoms with Crippen LogP contribution in [0.25, 0.3) is 27.8 Å². The topological polar surface area (TPSA) is 96.7 Å². The number of ether oxygens (including phenoxy) is 2. The van der Waals surface area contributed by atoms with Crippen LogP contribution < -0.4 is 15.4 Å². The summed E-state index contributed by atoms with van der Waals surface area (Å²) in [6.45, 7) is 2.39. The van der Waals surface area contributed by atoms with E-state index in [0.29, 0.717) is 51.6 Å². The Morgan fingerprint density at radius 2 is 1.83 bits per heavy atom. The third kappa shape index (κ3) is 5.66. The first-order chi connectivity index (χ1) is 25.1. The zero-order valence-electron chi connectivity index (χ0n) is 28.4. The number of nitrogens with zero attached hydrogens (tertiary/aromatic N) is 5. The maximum absolute atomic E-state index is 16.2. The number of aromatic nitrogens is 2. The van der Waals surface area contributed by atoms with E-state index in [0.717, 1.165) is 36.0 Å². The number of rotatable bonds is 7. The number of esters is 1. The molecule has 2 fully saturated rings. The maximum Gasteiger partial charge on any atom is 0.415 e. The number of hydrogen-bond donors (Lipinski definition) is 0. The van der Waals surface area contributed by atoms with E-state index in [4.69, 9.17) is 26.1 Å². The fourth-order valence-electron chi connectivity index (χ4n) is 8.00. The van der Waals surface area contributed by atoms with Crippen molar-refractivity contribution < 1.29 is 27.8 Å². The van der Waals surface area contributed by atoms with Crippen LogP contribution in [0.1, 0.15) is 33.6 Å². The molecule has 266 valence electrons. The highest BCUT2D eigenvalue weighted by molar-refractivity contribution is 6.17. The minimum absolute atomic E-state index is 0.0171. The van der Waals surface area contributed by atoms with Gasteiger partial charge in [0.25, 0.3) is 5.56 Å². The van der Waals surface area contributed by atoms with E-state index in [1.807, 2.05) is 36.4 Å². The van der Waals surface area contributed by atoms with E-state index in [1.165, 1.54) is 17.5 Å². The molecule has 0 unspecified atom stereocenters. The van der Waals surface area contributed by atoms with Crippen LogP contribution in [0.15, 0.2) is 77.9 Å². The van der Waals surface area contributed by atoms with Crippen molar-refractivity contribution in [3.63, 3.8) is 0 Å². The van der Waals surface area contributed by atoms with Gasteiger partial charge in [-0.1, -0.05) is 48.0 Å². The average molecular weight is 726 g/mol. The van der Waals surface area contributed by atoms with Gasteiger partial charge in [0, 0.05) is 85.4 Å². The lowest BCUT2D eigenvalue weighted by Gasteiger charge is -2.31. The first kappa shape index (κ1) is 33.8. The third-order valence-electron chi connectivity index (χ3n) is 10.5. The number of likely N-dealkylation sites (tertiary alicyclic amines) is 1. The van der Waals surface area contributed by atoms with E-state index < -0.39 is 35.3 Å². The Balaban J connectivity index is 1.28. The van der Waals surface area contributed by atoms with Gasteiger partial charge in [0.2, 0.25) is 0 Å². The summed E-state index contributed by atoms with van der Waals surface area (Å²) in [5.74, 6) is -2.53. The van der Waals surface area contributed by atoms with E-state index >= 15 is 8.78 Å². The summed E-state index contributed by atoms with van der Waals surface area (Å²) >= 11 is 5.64. The molecule has 0 radical (unpaired) electrons. The molecule has 2 aromatic carbocycles. The van der Waals surface area contributed by atoms with E-state index in [9.17, 15) is 14.4 Å². The standard InChI is InChI=1S/C39H34ClF2N5O5/c1-44-17-24-12-13-46(32(24)19-44)36-28(16-43-30-14-27-31(45(2)39(50)52-21-40)15-29(41)35(42)33(27)34(30)36)23-8-9-25-10-11-26(37(48)47(25)18-23)38(49)51-20-22-6-4-3-5-7-22/h3-11,15-16,18,24,32H,12-14,17,19-21H2,1-2H3/t24-,32+/m0/s1.